The van der Waals surface area contributed by atoms with Crippen molar-refractivity contribution in [3.05, 3.63) is 70.2 Å². The van der Waals surface area contributed by atoms with Crippen molar-refractivity contribution in [3.8, 4) is 11.5 Å². The van der Waals surface area contributed by atoms with Crippen LogP contribution in [0.15, 0.2) is 47.8 Å². The second-order valence-electron chi connectivity index (χ2n) is 7.92. The summed E-state index contributed by atoms with van der Waals surface area (Å²) in [6.07, 6.45) is -0.244. The van der Waals surface area contributed by atoms with Crippen LogP contribution in [0.25, 0.3) is 0 Å². The number of fused-ring (bicyclic) bond motifs is 1. The molecule has 10 heteroatoms. The number of aliphatic carboxylic acids is 1. The summed E-state index contributed by atoms with van der Waals surface area (Å²) in [5.41, 5.74) is 2.62. The Hall–Kier alpha value is -3.92. The highest BCUT2D eigenvalue weighted by molar-refractivity contribution is 7.13. The molecule has 2 aromatic carbocycles. The molecule has 1 aliphatic heterocycles. The number of ether oxygens (including phenoxy) is 2. The van der Waals surface area contributed by atoms with Gasteiger partial charge >= 0.3 is 5.97 Å². The molecule has 0 radical (unpaired) electrons. The van der Waals surface area contributed by atoms with E-state index in [0.29, 0.717) is 41.0 Å². The molecule has 9 nitrogen and oxygen atoms in total. The van der Waals surface area contributed by atoms with Gasteiger partial charge in [-0.25, -0.2) is 4.98 Å². The molecule has 0 bridgehead atoms. The van der Waals surface area contributed by atoms with Gasteiger partial charge in [0.25, 0.3) is 5.91 Å². The summed E-state index contributed by atoms with van der Waals surface area (Å²) in [6, 6.07) is 12.2. The van der Waals surface area contributed by atoms with E-state index in [9.17, 15) is 14.4 Å². The van der Waals surface area contributed by atoms with Gasteiger partial charge in [0.1, 0.15) is 0 Å². The number of carbonyl (C=O) groups is 3. The molecule has 35 heavy (non-hydrogen) atoms. The summed E-state index contributed by atoms with van der Waals surface area (Å²) < 4.78 is 11.1. The van der Waals surface area contributed by atoms with Crippen LogP contribution in [-0.2, 0) is 22.6 Å². The monoisotopic (exact) mass is 495 g/mol. The van der Waals surface area contributed by atoms with E-state index in [-0.39, 0.29) is 24.7 Å². The molecular formula is C25H25N3O6S. The number of carboxylic acid groups (broad SMARTS) is 1. The highest BCUT2D eigenvalue weighted by Gasteiger charge is 2.35. The Bertz CT molecular complexity index is 1260. The summed E-state index contributed by atoms with van der Waals surface area (Å²) in [4.78, 5) is 43.0. The van der Waals surface area contributed by atoms with Crippen molar-refractivity contribution >= 4 is 34.3 Å². The Kier molecular flexibility index (Phi) is 7.31. The maximum atomic E-state index is 13.3. The molecule has 0 spiro atoms. The zero-order chi connectivity index (χ0) is 24.9. The Morgan fingerprint density at radius 2 is 2.03 bits per heavy atom. The van der Waals surface area contributed by atoms with Gasteiger partial charge in [0.15, 0.2) is 16.6 Å². The van der Waals surface area contributed by atoms with E-state index >= 15 is 0 Å². The van der Waals surface area contributed by atoms with Crippen LogP contribution in [0.1, 0.15) is 46.6 Å². The van der Waals surface area contributed by atoms with Gasteiger partial charge in [0.2, 0.25) is 5.91 Å². The van der Waals surface area contributed by atoms with Crippen molar-refractivity contribution in [1.29, 1.82) is 0 Å². The third-order valence-corrected chi connectivity index (χ3v) is 6.41. The standard InChI is InChI=1S/C25H25N3O6S/c1-3-34-20-9-8-15(10-21(20)33-2)19(28-13-16-6-4-5-7-18(16)24(28)32)12-22(29)27-25-26-17(14-35-25)11-23(30)31/h4-10,14,19H,3,11-13H2,1-2H3,(H,30,31)(H,26,27,29). The molecule has 0 saturated heterocycles. The lowest BCUT2D eigenvalue weighted by molar-refractivity contribution is -0.136. The minimum atomic E-state index is -0.996. The maximum Gasteiger partial charge on any atom is 0.309 e. The summed E-state index contributed by atoms with van der Waals surface area (Å²) in [5.74, 6) is -0.402. The van der Waals surface area contributed by atoms with Crippen molar-refractivity contribution < 1.29 is 29.0 Å². The number of thiazole rings is 1. The van der Waals surface area contributed by atoms with Gasteiger partial charge in [-0.3, -0.25) is 14.4 Å². The number of benzene rings is 2. The number of nitrogens with zero attached hydrogens (tertiary/aromatic N) is 2. The molecule has 2 heterocycles. The summed E-state index contributed by atoms with van der Waals surface area (Å²) in [6.45, 7) is 2.72. The van der Waals surface area contributed by atoms with Gasteiger partial charge in [-0.2, -0.15) is 0 Å². The molecular weight excluding hydrogens is 470 g/mol. The molecule has 0 saturated carbocycles. The molecule has 1 aromatic heterocycles. The molecule has 1 atom stereocenters. The average Bonchev–Trinajstić information content (AvgIpc) is 3.41. The first kappa shape index (κ1) is 24.2. The first-order valence-electron chi connectivity index (χ1n) is 11.0. The van der Waals surface area contributed by atoms with Crippen LogP contribution >= 0.6 is 11.3 Å². The van der Waals surface area contributed by atoms with Gasteiger partial charge in [-0.1, -0.05) is 24.3 Å². The molecule has 2 N–H and O–H groups in total. The van der Waals surface area contributed by atoms with Gasteiger partial charge < -0.3 is 24.8 Å². The van der Waals surface area contributed by atoms with Crippen LogP contribution in [0.4, 0.5) is 5.13 Å². The lowest BCUT2D eigenvalue weighted by Crippen LogP contribution is -2.32. The fourth-order valence-corrected chi connectivity index (χ4v) is 4.78. The zero-order valence-electron chi connectivity index (χ0n) is 19.3. The number of methoxy groups -OCH3 is 1. The van der Waals surface area contributed by atoms with E-state index < -0.39 is 12.0 Å². The summed E-state index contributed by atoms with van der Waals surface area (Å²) in [5, 5.41) is 13.6. The molecule has 182 valence electrons. The minimum absolute atomic E-state index is 0.0231. The lowest BCUT2D eigenvalue weighted by atomic mass is 10.0. The second-order valence-corrected chi connectivity index (χ2v) is 8.77. The number of aromatic nitrogens is 1. The van der Waals surface area contributed by atoms with Crippen molar-refractivity contribution in [3.63, 3.8) is 0 Å². The number of anilines is 1. The number of rotatable bonds is 10. The Morgan fingerprint density at radius 3 is 2.74 bits per heavy atom. The van der Waals surface area contributed by atoms with Crippen LogP contribution < -0.4 is 14.8 Å². The topological polar surface area (TPSA) is 118 Å². The first-order chi connectivity index (χ1) is 16.9. The number of hydrogen-bond donors (Lipinski definition) is 2. The largest absolute Gasteiger partial charge is 0.493 e. The Balaban J connectivity index is 1.61. The lowest BCUT2D eigenvalue weighted by Gasteiger charge is -2.28. The normalized spacial score (nSPS) is 13.3. The summed E-state index contributed by atoms with van der Waals surface area (Å²) >= 11 is 1.16. The number of carbonyl (C=O) groups excluding carboxylic acids is 2. The average molecular weight is 496 g/mol. The molecule has 2 amide bonds. The Labute approximate surface area is 206 Å². The van der Waals surface area contributed by atoms with Crippen molar-refractivity contribution in [1.82, 2.24) is 9.88 Å². The maximum absolute atomic E-state index is 13.3. The Morgan fingerprint density at radius 1 is 1.23 bits per heavy atom. The first-order valence-corrected chi connectivity index (χ1v) is 11.9. The highest BCUT2D eigenvalue weighted by Crippen LogP contribution is 2.37. The predicted octanol–water partition coefficient (Wildman–Crippen LogP) is 3.90. The van der Waals surface area contributed by atoms with Gasteiger partial charge in [-0.05, 0) is 36.2 Å². The van der Waals surface area contributed by atoms with Crippen LogP contribution in [0.2, 0.25) is 0 Å². The van der Waals surface area contributed by atoms with Gasteiger partial charge in [-0.15, -0.1) is 11.3 Å². The third kappa shape index (κ3) is 5.43. The van der Waals surface area contributed by atoms with E-state index in [1.165, 1.54) is 7.11 Å². The van der Waals surface area contributed by atoms with E-state index in [2.05, 4.69) is 10.3 Å². The number of amides is 2. The summed E-state index contributed by atoms with van der Waals surface area (Å²) in [7, 11) is 1.54. The quantitative estimate of drug-likeness (QED) is 0.438. The van der Waals surface area contributed by atoms with Crippen molar-refractivity contribution in [2.24, 2.45) is 0 Å². The number of nitrogens with one attached hydrogen (secondary N) is 1. The zero-order valence-corrected chi connectivity index (χ0v) is 20.1. The number of carboxylic acids is 1. The fraction of sp³-hybridized carbons (Fsp3) is 0.280. The second kappa shape index (κ2) is 10.6. The van der Waals surface area contributed by atoms with Crippen molar-refractivity contribution in [2.75, 3.05) is 19.0 Å². The van der Waals surface area contributed by atoms with Crippen molar-refractivity contribution in [2.45, 2.75) is 32.4 Å². The van der Waals surface area contributed by atoms with E-state index in [4.69, 9.17) is 14.6 Å². The molecule has 4 rings (SSSR count). The minimum Gasteiger partial charge on any atom is -0.493 e. The fourth-order valence-electron chi connectivity index (χ4n) is 4.05. The van der Waals surface area contributed by atoms with Crippen LogP contribution in [0, 0.1) is 0 Å². The van der Waals surface area contributed by atoms with Gasteiger partial charge in [0, 0.05) is 17.5 Å². The van der Waals surface area contributed by atoms with E-state index in [1.807, 2.05) is 31.2 Å². The van der Waals surface area contributed by atoms with Gasteiger partial charge in [0.05, 0.1) is 38.3 Å². The molecule has 1 unspecified atom stereocenters. The molecule has 0 fully saturated rings. The molecule has 1 aliphatic rings. The van der Waals surface area contributed by atoms with E-state index in [1.54, 1.807) is 28.5 Å². The van der Waals surface area contributed by atoms with Crippen LogP contribution in [0.5, 0.6) is 11.5 Å². The third-order valence-electron chi connectivity index (χ3n) is 5.61. The van der Waals surface area contributed by atoms with E-state index in [0.717, 1.165) is 22.5 Å². The molecule has 0 aliphatic carbocycles. The number of hydrogen-bond acceptors (Lipinski definition) is 7. The highest BCUT2D eigenvalue weighted by atomic mass is 32.1. The van der Waals surface area contributed by atoms with Crippen LogP contribution in [-0.4, -0.2) is 46.5 Å². The van der Waals surface area contributed by atoms with Crippen LogP contribution in [0.3, 0.4) is 0 Å². The molecule has 3 aromatic rings. The predicted molar refractivity (Wildman–Crippen MR) is 130 cm³/mol. The SMILES string of the molecule is CCOc1ccc(C(CC(=O)Nc2nc(CC(=O)O)cs2)N2Cc3ccccc3C2=O)cc1OC. The smallest absolute Gasteiger partial charge is 0.309 e.